The lowest BCUT2D eigenvalue weighted by Gasteiger charge is -2.03. The van der Waals surface area contributed by atoms with Crippen molar-refractivity contribution in [2.75, 3.05) is 6.61 Å². The quantitative estimate of drug-likeness (QED) is 0.462. The smallest absolute Gasteiger partial charge is 0.353 e. The number of hydroxylamine groups is 1. The number of carboxylic acid groups (broad SMARTS) is 1. The second kappa shape index (κ2) is 5.73. The van der Waals surface area contributed by atoms with Crippen LogP contribution in [-0.2, 0) is 9.63 Å². The van der Waals surface area contributed by atoms with E-state index in [1.165, 1.54) is 0 Å². The van der Waals surface area contributed by atoms with Gasteiger partial charge in [-0.2, -0.15) is 0 Å². The van der Waals surface area contributed by atoms with E-state index in [1.807, 2.05) is 6.92 Å². The summed E-state index contributed by atoms with van der Waals surface area (Å²) in [5.74, 6) is -1.000. The van der Waals surface area contributed by atoms with Gasteiger partial charge < -0.3 is 5.11 Å². The van der Waals surface area contributed by atoms with E-state index in [9.17, 15) is 4.79 Å². The number of rotatable bonds is 5. The van der Waals surface area contributed by atoms with E-state index in [0.717, 1.165) is 0 Å². The van der Waals surface area contributed by atoms with Crippen LogP contribution in [0.2, 0.25) is 0 Å². The molecule has 0 rings (SSSR count). The fraction of sp³-hybridized carbons (Fsp3) is 0.571. The van der Waals surface area contributed by atoms with Crippen molar-refractivity contribution in [3.63, 3.8) is 0 Å². The van der Waals surface area contributed by atoms with Crippen molar-refractivity contribution >= 4 is 5.97 Å². The lowest BCUT2D eigenvalue weighted by Crippen LogP contribution is -2.20. The van der Waals surface area contributed by atoms with E-state index < -0.39 is 5.97 Å². The number of hydrogen-bond acceptors (Lipinski definition) is 3. The SMILES string of the molecule is CCC=C(NOCC)C(=O)O. The molecular formula is C7H13NO3. The molecule has 4 heteroatoms. The lowest BCUT2D eigenvalue weighted by molar-refractivity contribution is -0.134. The van der Waals surface area contributed by atoms with Crippen LogP contribution in [0, 0.1) is 0 Å². The van der Waals surface area contributed by atoms with Gasteiger partial charge in [-0.3, -0.25) is 10.3 Å². The Balaban J connectivity index is 3.90. The predicted molar refractivity (Wildman–Crippen MR) is 40.8 cm³/mol. The van der Waals surface area contributed by atoms with Crippen molar-refractivity contribution in [2.45, 2.75) is 20.3 Å². The molecule has 0 aromatic carbocycles. The highest BCUT2D eigenvalue weighted by atomic mass is 16.6. The van der Waals surface area contributed by atoms with Crippen LogP contribution in [0.25, 0.3) is 0 Å². The molecule has 0 heterocycles. The molecule has 0 fully saturated rings. The molecule has 64 valence electrons. The van der Waals surface area contributed by atoms with Crippen LogP contribution < -0.4 is 5.48 Å². The van der Waals surface area contributed by atoms with Gasteiger partial charge in [0.1, 0.15) is 5.70 Å². The van der Waals surface area contributed by atoms with Gasteiger partial charge in [0.25, 0.3) is 0 Å². The summed E-state index contributed by atoms with van der Waals surface area (Å²) in [6, 6.07) is 0. The maximum absolute atomic E-state index is 10.4. The molecule has 0 aromatic heterocycles. The minimum Gasteiger partial charge on any atom is -0.477 e. The Morgan fingerprint density at radius 2 is 2.27 bits per heavy atom. The topological polar surface area (TPSA) is 58.6 Å². The highest BCUT2D eigenvalue weighted by molar-refractivity contribution is 5.85. The molecule has 0 saturated heterocycles. The third-order valence-corrected chi connectivity index (χ3v) is 0.965. The van der Waals surface area contributed by atoms with E-state index in [4.69, 9.17) is 9.94 Å². The Bertz CT molecular complexity index is 154. The van der Waals surface area contributed by atoms with Gasteiger partial charge in [0.2, 0.25) is 0 Å². The minimum absolute atomic E-state index is 0.0920. The number of aliphatic carboxylic acids is 1. The second-order valence-electron chi connectivity index (χ2n) is 1.87. The molecule has 0 amide bonds. The molecule has 0 aromatic rings. The third kappa shape index (κ3) is 4.38. The first-order valence-corrected chi connectivity index (χ1v) is 3.53. The summed E-state index contributed by atoms with van der Waals surface area (Å²) in [7, 11) is 0. The van der Waals surface area contributed by atoms with Crippen LogP contribution in [0.3, 0.4) is 0 Å². The van der Waals surface area contributed by atoms with Gasteiger partial charge in [0, 0.05) is 0 Å². The van der Waals surface area contributed by atoms with Crippen LogP contribution in [0.4, 0.5) is 0 Å². The van der Waals surface area contributed by atoms with Gasteiger partial charge in [-0.05, 0) is 13.3 Å². The normalized spacial score (nSPS) is 11.3. The van der Waals surface area contributed by atoms with E-state index >= 15 is 0 Å². The summed E-state index contributed by atoms with van der Waals surface area (Å²) >= 11 is 0. The number of carboxylic acids is 1. The maximum Gasteiger partial charge on any atom is 0.353 e. The van der Waals surface area contributed by atoms with Crippen LogP contribution >= 0.6 is 0 Å². The van der Waals surface area contributed by atoms with Crippen molar-refractivity contribution in [2.24, 2.45) is 0 Å². The van der Waals surface area contributed by atoms with Crippen molar-refractivity contribution in [3.8, 4) is 0 Å². The fourth-order valence-electron chi connectivity index (χ4n) is 0.527. The molecule has 2 N–H and O–H groups in total. The molecule has 11 heavy (non-hydrogen) atoms. The number of nitrogens with one attached hydrogen (secondary N) is 1. The standard InChI is InChI=1S/C7H13NO3/c1-3-5-6(7(9)10)8-11-4-2/h5,8H,3-4H2,1-2H3,(H,9,10). The molecule has 0 aliphatic heterocycles. The summed E-state index contributed by atoms with van der Waals surface area (Å²) in [5.41, 5.74) is 2.42. The molecule has 0 aliphatic rings. The molecule has 4 nitrogen and oxygen atoms in total. The first-order chi connectivity index (χ1) is 5.22. The first kappa shape index (κ1) is 9.97. The van der Waals surface area contributed by atoms with Gasteiger partial charge in [-0.1, -0.05) is 13.0 Å². The van der Waals surface area contributed by atoms with Crippen molar-refractivity contribution in [1.82, 2.24) is 5.48 Å². The Morgan fingerprint density at radius 3 is 2.64 bits per heavy atom. The molecule has 0 saturated carbocycles. The Hall–Kier alpha value is -1.03. The van der Waals surface area contributed by atoms with Gasteiger partial charge in [0.15, 0.2) is 0 Å². The van der Waals surface area contributed by atoms with E-state index in [1.54, 1.807) is 13.0 Å². The number of carbonyl (C=O) groups is 1. The van der Waals surface area contributed by atoms with Gasteiger partial charge in [0.05, 0.1) is 6.61 Å². The van der Waals surface area contributed by atoms with Crippen LogP contribution in [0.15, 0.2) is 11.8 Å². The average Bonchev–Trinajstić information content (AvgIpc) is 1.97. The van der Waals surface area contributed by atoms with E-state index in [2.05, 4.69) is 5.48 Å². The molecule has 0 radical (unpaired) electrons. The summed E-state index contributed by atoms with van der Waals surface area (Å²) in [6.07, 6.45) is 2.22. The predicted octanol–water partition coefficient (Wildman–Crippen LogP) is 0.906. The molecule has 0 bridgehead atoms. The Labute approximate surface area is 65.8 Å². The zero-order valence-corrected chi connectivity index (χ0v) is 6.76. The molecule has 0 aliphatic carbocycles. The minimum atomic E-state index is -1.000. The van der Waals surface area contributed by atoms with Crippen LogP contribution in [0.5, 0.6) is 0 Å². The molecule has 0 unspecified atom stereocenters. The van der Waals surface area contributed by atoms with E-state index in [0.29, 0.717) is 13.0 Å². The fourth-order valence-corrected chi connectivity index (χ4v) is 0.527. The second-order valence-corrected chi connectivity index (χ2v) is 1.87. The lowest BCUT2D eigenvalue weighted by atomic mass is 10.3. The summed E-state index contributed by atoms with van der Waals surface area (Å²) < 4.78 is 0. The highest BCUT2D eigenvalue weighted by Crippen LogP contribution is 1.91. The van der Waals surface area contributed by atoms with Gasteiger partial charge in [-0.15, -0.1) is 0 Å². The molecule has 0 spiro atoms. The molecule has 0 atom stereocenters. The van der Waals surface area contributed by atoms with Crippen molar-refractivity contribution in [3.05, 3.63) is 11.8 Å². The molecular weight excluding hydrogens is 146 g/mol. The van der Waals surface area contributed by atoms with Crippen LogP contribution in [0.1, 0.15) is 20.3 Å². The zero-order valence-electron chi connectivity index (χ0n) is 6.76. The summed E-state index contributed by atoms with van der Waals surface area (Å²) in [4.78, 5) is 15.1. The van der Waals surface area contributed by atoms with Crippen molar-refractivity contribution < 1.29 is 14.7 Å². The van der Waals surface area contributed by atoms with Gasteiger partial charge >= 0.3 is 5.97 Å². The average molecular weight is 159 g/mol. The van der Waals surface area contributed by atoms with Crippen LogP contribution in [-0.4, -0.2) is 17.7 Å². The summed E-state index contributed by atoms with van der Waals surface area (Å²) in [6.45, 7) is 4.07. The maximum atomic E-state index is 10.4. The Morgan fingerprint density at radius 1 is 1.64 bits per heavy atom. The van der Waals surface area contributed by atoms with E-state index in [-0.39, 0.29) is 5.70 Å². The third-order valence-electron chi connectivity index (χ3n) is 0.965. The number of allylic oxidation sites excluding steroid dienone is 1. The Kier molecular flexibility index (Phi) is 5.20. The highest BCUT2D eigenvalue weighted by Gasteiger charge is 2.03. The zero-order chi connectivity index (χ0) is 8.69. The first-order valence-electron chi connectivity index (χ1n) is 3.53. The van der Waals surface area contributed by atoms with Crippen molar-refractivity contribution in [1.29, 1.82) is 0 Å². The summed E-state index contributed by atoms with van der Waals surface area (Å²) in [5, 5.41) is 8.52. The number of hydrogen-bond donors (Lipinski definition) is 2. The largest absolute Gasteiger partial charge is 0.477 e. The monoisotopic (exact) mass is 159 g/mol. The van der Waals surface area contributed by atoms with Gasteiger partial charge in [-0.25, -0.2) is 4.79 Å².